The topological polar surface area (TPSA) is 46.8 Å². The van der Waals surface area contributed by atoms with Gasteiger partial charge in [0, 0.05) is 11.8 Å². The highest BCUT2D eigenvalue weighted by atomic mass is 32.1. The molecule has 1 aromatic carbocycles. The molecule has 136 valence electrons. The van der Waals surface area contributed by atoms with E-state index in [0.29, 0.717) is 5.92 Å². The monoisotopic (exact) mass is 367 g/mol. The normalized spacial score (nSPS) is 16.2. The summed E-state index contributed by atoms with van der Waals surface area (Å²) in [6.45, 7) is 3.13. The molecular formula is C20H25N5S. The van der Waals surface area contributed by atoms with Crippen LogP contribution < -0.4 is 0 Å². The first-order valence-electron chi connectivity index (χ1n) is 9.28. The van der Waals surface area contributed by atoms with Crippen LogP contribution in [-0.2, 0) is 19.4 Å². The van der Waals surface area contributed by atoms with E-state index in [-0.39, 0.29) is 0 Å². The summed E-state index contributed by atoms with van der Waals surface area (Å²) in [7, 11) is 2.20. The zero-order valence-corrected chi connectivity index (χ0v) is 16.0. The van der Waals surface area contributed by atoms with E-state index >= 15 is 0 Å². The molecule has 0 aliphatic carbocycles. The van der Waals surface area contributed by atoms with E-state index in [2.05, 4.69) is 51.3 Å². The molecule has 0 unspecified atom stereocenters. The molecule has 3 heterocycles. The Labute approximate surface area is 158 Å². The van der Waals surface area contributed by atoms with Gasteiger partial charge in [0.25, 0.3) is 0 Å². The highest BCUT2D eigenvalue weighted by Crippen LogP contribution is 2.20. The summed E-state index contributed by atoms with van der Waals surface area (Å²) in [5.74, 6) is 2.70. The zero-order valence-electron chi connectivity index (χ0n) is 15.2. The number of likely N-dealkylation sites (tertiary alicyclic amines) is 1. The van der Waals surface area contributed by atoms with Crippen LogP contribution >= 0.6 is 11.3 Å². The molecule has 26 heavy (non-hydrogen) atoms. The maximum absolute atomic E-state index is 4.90. The third-order valence-corrected chi connectivity index (χ3v) is 5.73. The Bertz CT molecular complexity index is 804. The molecule has 0 N–H and O–H groups in total. The largest absolute Gasteiger partial charge is 0.306 e. The second kappa shape index (κ2) is 8.10. The van der Waals surface area contributed by atoms with E-state index in [9.17, 15) is 0 Å². The van der Waals surface area contributed by atoms with Gasteiger partial charge in [-0.05, 0) is 44.5 Å². The van der Waals surface area contributed by atoms with Crippen molar-refractivity contribution in [2.45, 2.75) is 32.2 Å². The van der Waals surface area contributed by atoms with Crippen molar-refractivity contribution in [3.63, 3.8) is 0 Å². The van der Waals surface area contributed by atoms with Crippen LogP contribution in [0.4, 0.5) is 0 Å². The lowest BCUT2D eigenvalue weighted by atomic mass is 9.94. The van der Waals surface area contributed by atoms with E-state index in [1.165, 1.54) is 31.5 Å². The molecule has 2 aromatic heterocycles. The van der Waals surface area contributed by atoms with Crippen LogP contribution in [0, 0.1) is 5.92 Å². The number of thiazole rings is 1. The standard InChI is InChI=1S/C20H25N5S/c1-24-9-7-16(8-10-24)11-19-22-20(12-18-14-26-15-21-18)25(23-19)13-17-5-3-2-4-6-17/h2-6,14-16H,7-13H2,1H3. The lowest BCUT2D eigenvalue weighted by Crippen LogP contribution is -2.31. The highest BCUT2D eigenvalue weighted by Gasteiger charge is 2.20. The summed E-state index contributed by atoms with van der Waals surface area (Å²) in [5, 5.41) is 6.96. The van der Waals surface area contributed by atoms with Crippen molar-refractivity contribution < 1.29 is 0 Å². The lowest BCUT2D eigenvalue weighted by molar-refractivity contribution is 0.217. The summed E-state index contributed by atoms with van der Waals surface area (Å²) in [4.78, 5) is 11.7. The predicted molar refractivity (Wildman–Crippen MR) is 104 cm³/mol. The Kier molecular flexibility index (Phi) is 5.41. The van der Waals surface area contributed by atoms with Gasteiger partial charge in [-0.15, -0.1) is 11.3 Å². The molecule has 4 rings (SSSR count). The molecule has 0 atom stereocenters. The third kappa shape index (κ3) is 4.37. The van der Waals surface area contributed by atoms with Crippen LogP contribution in [0.25, 0.3) is 0 Å². The first-order chi connectivity index (χ1) is 12.8. The van der Waals surface area contributed by atoms with Crippen LogP contribution in [0.5, 0.6) is 0 Å². The number of rotatable bonds is 6. The van der Waals surface area contributed by atoms with Gasteiger partial charge >= 0.3 is 0 Å². The quantitative estimate of drug-likeness (QED) is 0.671. The second-order valence-corrected chi connectivity index (χ2v) is 7.91. The molecule has 6 heteroatoms. The van der Waals surface area contributed by atoms with Crippen molar-refractivity contribution in [3.8, 4) is 0 Å². The maximum atomic E-state index is 4.90. The van der Waals surface area contributed by atoms with E-state index in [4.69, 9.17) is 10.1 Å². The van der Waals surface area contributed by atoms with Gasteiger partial charge in [-0.25, -0.2) is 14.6 Å². The van der Waals surface area contributed by atoms with E-state index < -0.39 is 0 Å². The molecule has 1 fully saturated rings. The summed E-state index contributed by atoms with van der Waals surface area (Å²) in [5.41, 5.74) is 4.21. The second-order valence-electron chi connectivity index (χ2n) is 7.19. The Balaban J connectivity index is 1.53. The van der Waals surface area contributed by atoms with Gasteiger partial charge in [-0.1, -0.05) is 30.3 Å². The van der Waals surface area contributed by atoms with Crippen LogP contribution in [0.3, 0.4) is 0 Å². The van der Waals surface area contributed by atoms with Crippen molar-refractivity contribution in [3.05, 3.63) is 64.1 Å². The summed E-state index contributed by atoms with van der Waals surface area (Å²) in [6.07, 6.45) is 4.22. The van der Waals surface area contributed by atoms with E-state index in [1.807, 2.05) is 11.6 Å². The molecule has 0 spiro atoms. The minimum absolute atomic E-state index is 0.700. The molecule has 1 aliphatic rings. The third-order valence-electron chi connectivity index (χ3n) is 5.10. The Morgan fingerprint density at radius 1 is 1.15 bits per heavy atom. The number of piperidine rings is 1. The molecule has 0 amide bonds. The van der Waals surface area contributed by atoms with Crippen molar-refractivity contribution in [2.75, 3.05) is 20.1 Å². The molecule has 0 saturated carbocycles. The lowest BCUT2D eigenvalue weighted by Gasteiger charge is -2.28. The van der Waals surface area contributed by atoms with Gasteiger partial charge in [0.1, 0.15) is 5.82 Å². The van der Waals surface area contributed by atoms with E-state index in [0.717, 1.165) is 36.7 Å². The van der Waals surface area contributed by atoms with Crippen LogP contribution in [-0.4, -0.2) is 44.8 Å². The number of hydrogen-bond donors (Lipinski definition) is 0. The molecule has 5 nitrogen and oxygen atoms in total. The van der Waals surface area contributed by atoms with Crippen molar-refractivity contribution in [1.82, 2.24) is 24.6 Å². The van der Waals surface area contributed by atoms with Gasteiger partial charge in [-0.3, -0.25) is 0 Å². The Morgan fingerprint density at radius 2 is 1.96 bits per heavy atom. The Hall–Kier alpha value is -2.05. The first kappa shape index (κ1) is 17.4. The number of hydrogen-bond acceptors (Lipinski definition) is 5. The van der Waals surface area contributed by atoms with Crippen LogP contribution in [0.2, 0.25) is 0 Å². The SMILES string of the molecule is CN1CCC(Cc2nc(Cc3cscn3)n(Cc3ccccc3)n2)CC1. The number of benzene rings is 1. The van der Waals surface area contributed by atoms with Crippen molar-refractivity contribution >= 4 is 11.3 Å². The predicted octanol–water partition coefficient (Wildman–Crippen LogP) is 3.26. The summed E-state index contributed by atoms with van der Waals surface area (Å²) >= 11 is 1.63. The molecule has 0 radical (unpaired) electrons. The fourth-order valence-corrected chi connectivity index (χ4v) is 4.10. The maximum Gasteiger partial charge on any atom is 0.151 e. The number of aromatic nitrogens is 4. The van der Waals surface area contributed by atoms with Gasteiger partial charge in [0.2, 0.25) is 0 Å². The highest BCUT2D eigenvalue weighted by molar-refractivity contribution is 7.07. The fraction of sp³-hybridized carbons (Fsp3) is 0.450. The Morgan fingerprint density at radius 3 is 2.69 bits per heavy atom. The molecule has 1 saturated heterocycles. The van der Waals surface area contributed by atoms with Gasteiger partial charge in [0.05, 0.1) is 24.2 Å². The van der Waals surface area contributed by atoms with Crippen LogP contribution in [0.15, 0.2) is 41.2 Å². The van der Waals surface area contributed by atoms with Crippen molar-refractivity contribution in [1.29, 1.82) is 0 Å². The summed E-state index contributed by atoms with van der Waals surface area (Å²) in [6, 6.07) is 10.5. The van der Waals surface area contributed by atoms with Gasteiger partial charge in [0.15, 0.2) is 5.82 Å². The first-order valence-corrected chi connectivity index (χ1v) is 10.2. The molecule has 0 bridgehead atoms. The van der Waals surface area contributed by atoms with Crippen molar-refractivity contribution in [2.24, 2.45) is 5.92 Å². The van der Waals surface area contributed by atoms with Gasteiger partial charge < -0.3 is 4.90 Å². The van der Waals surface area contributed by atoms with Crippen LogP contribution in [0.1, 0.15) is 35.7 Å². The average Bonchev–Trinajstić information content (AvgIpc) is 3.29. The minimum atomic E-state index is 0.700. The fourth-order valence-electron chi connectivity index (χ4n) is 3.54. The smallest absolute Gasteiger partial charge is 0.151 e. The number of nitrogens with zero attached hydrogens (tertiary/aromatic N) is 5. The molecule has 3 aromatic rings. The summed E-state index contributed by atoms with van der Waals surface area (Å²) < 4.78 is 2.07. The zero-order chi connectivity index (χ0) is 17.8. The van der Waals surface area contributed by atoms with E-state index in [1.54, 1.807) is 11.3 Å². The molecule has 1 aliphatic heterocycles. The average molecular weight is 368 g/mol. The van der Waals surface area contributed by atoms with Gasteiger partial charge in [-0.2, -0.15) is 5.10 Å². The molecular weight excluding hydrogens is 342 g/mol. The minimum Gasteiger partial charge on any atom is -0.306 e.